The van der Waals surface area contributed by atoms with Crippen molar-refractivity contribution in [1.82, 2.24) is 5.32 Å². The van der Waals surface area contributed by atoms with Gasteiger partial charge in [0, 0.05) is 19.4 Å². The van der Waals surface area contributed by atoms with E-state index in [2.05, 4.69) is 41.3 Å². The highest BCUT2D eigenvalue weighted by Gasteiger charge is 2.27. The summed E-state index contributed by atoms with van der Waals surface area (Å²) >= 11 is 0. The van der Waals surface area contributed by atoms with Crippen LogP contribution in [0.3, 0.4) is 0 Å². The number of amides is 1. The van der Waals surface area contributed by atoms with Crippen LogP contribution in [0.5, 0.6) is 0 Å². The Morgan fingerprint density at radius 2 is 2.14 bits per heavy atom. The Morgan fingerprint density at radius 1 is 1.32 bits per heavy atom. The van der Waals surface area contributed by atoms with E-state index in [0.29, 0.717) is 19.4 Å². The van der Waals surface area contributed by atoms with Gasteiger partial charge in [0.25, 0.3) is 5.91 Å². The van der Waals surface area contributed by atoms with Crippen molar-refractivity contribution >= 4 is 22.4 Å². The zero-order valence-electron chi connectivity index (χ0n) is 12.3. The van der Waals surface area contributed by atoms with Crippen molar-refractivity contribution in [1.29, 1.82) is 0 Å². The number of carbonyl (C=O) groups excluding carboxylic acids is 1. The molecule has 4 nitrogen and oxygen atoms in total. The minimum Gasteiger partial charge on any atom is -0.382 e. The third-order valence-electron chi connectivity index (χ3n) is 3.72. The van der Waals surface area contributed by atoms with Gasteiger partial charge in [-0.05, 0) is 16.3 Å². The molecule has 0 bridgehead atoms. The molecule has 0 fully saturated rings. The molecule has 1 N–H and O–H groups in total. The predicted molar refractivity (Wildman–Crippen MR) is 87.8 cm³/mol. The number of nitrogens with zero attached hydrogens (tertiary/aromatic N) is 1. The van der Waals surface area contributed by atoms with Gasteiger partial charge in [0.15, 0.2) is 0 Å². The lowest BCUT2D eigenvalue weighted by Crippen LogP contribution is -2.34. The average Bonchev–Trinajstić information content (AvgIpc) is 3.01. The first-order valence-corrected chi connectivity index (χ1v) is 7.35. The van der Waals surface area contributed by atoms with E-state index in [9.17, 15) is 4.79 Å². The molecule has 4 heteroatoms. The highest BCUT2D eigenvalue weighted by atomic mass is 16.6. The molecule has 0 radical (unpaired) electrons. The summed E-state index contributed by atoms with van der Waals surface area (Å²) in [4.78, 5) is 17.1. The number of carbonyl (C=O) groups is 1. The van der Waals surface area contributed by atoms with Crippen LogP contribution in [0.15, 0.2) is 60.3 Å². The number of fused-ring (bicyclic) bond motifs is 1. The minimum atomic E-state index is -0.523. The largest absolute Gasteiger partial charge is 0.382 e. The molecule has 0 saturated heterocycles. The summed E-state index contributed by atoms with van der Waals surface area (Å²) in [6.07, 6.45) is 2.36. The van der Waals surface area contributed by atoms with E-state index in [1.807, 2.05) is 18.2 Å². The molecule has 0 saturated carbocycles. The molecule has 112 valence electrons. The fraction of sp³-hybridized carbons (Fsp3) is 0.222. The standard InChI is InChI=1S/C18H18N2O2/c1-2-10-19-18(21)17-12-15(20-22-17)11-14-8-5-7-13-6-3-4-9-16(13)14/h2-9,17H,1,10-12H2,(H,19,21)/t17-/m1/s1. The lowest BCUT2D eigenvalue weighted by atomic mass is 9.98. The molecule has 1 aliphatic rings. The van der Waals surface area contributed by atoms with E-state index in [1.165, 1.54) is 16.3 Å². The summed E-state index contributed by atoms with van der Waals surface area (Å²) < 4.78 is 0. The Labute approximate surface area is 129 Å². The molecule has 1 amide bonds. The summed E-state index contributed by atoms with van der Waals surface area (Å²) in [7, 11) is 0. The molecule has 2 aromatic rings. The van der Waals surface area contributed by atoms with Crippen molar-refractivity contribution in [3.05, 3.63) is 60.7 Å². The van der Waals surface area contributed by atoms with E-state index in [0.717, 1.165) is 5.71 Å². The maximum atomic E-state index is 11.9. The topological polar surface area (TPSA) is 50.7 Å². The van der Waals surface area contributed by atoms with Crippen LogP contribution in [0.25, 0.3) is 10.8 Å². The quantitative estimate of drug-likeness (QED) is 0.862. The Bertz CT molecular complexity index is 731. The van der Waals surface area contributed by atoms with Gasteiger partial charge in [0.05, 0.1) is 5.71 Å². The number of rotatable bonds is 5. The maximum absolute atomic E-state index is 11.9. The second-order valence-corrected chi connectivity index (χ2v) is 5.30. The summed E-state index contributed by atoms with van der Waals surface area (Å²) in [6, 6.07) is 14.5. The fourth-order valence-corrected chi connectivity index (χ4v) is 2.62. The summed E-state index contributed by atoms with van der Waals surface area (Å²) in [5.74, 6) is -0.142. The molecule has 0 unspecified atom stereocenters. The first-order chi connectivity index (χ1) is 10.8. The Balaban J connectivity index is 1.69. The third-order valence-corrected chi connectivity index (χ3v) is 3.72. The van der Waals surface area contributed by atoms with Crippen LogP contribution >= 0.6 is 0 Å². The van der Waals surface area contributed by atoms with Crippen molar-refractivity contribution < 1.29 is 9.63 Å². The number of hydrogen-bond donors (Lipinski definition) is 1. The molecule has 0 spiro atoms. The van der Waals surface area contributed by atoms with Gasteiger partial charge in [0.2, 0.25) is 6.10 Å². The minimum absolute atomic E-state index is 0.142. The van der Waals surface area contributed by atoms with E-state index in [1.54, 1.807) is 6.08 Å². The van der Waals surface area contributed by atoms with Gasteiger partial charge in [-0.25, -0.2) is 0 Å². The van der Waals surface area contributed by atoms with Gasteiger partial charge < -0.3 is 10.2 Å². The van der Waals surface area contributed by atoms with Gasteiger partial charge in [0.1, 0.15) is 0 Å². The van der Waals surface area contributed by atoms with Crippen LogP contribution < -0.4 is 5.32 Å². The van der Waals surface area contributed by atoms with E-state index in [4.69, 9.17) is 4.84 Å². The molecule has 1 heterocycles. The summed E-state index contributed by atoms with van der Waals surface area (Å²) in [6.45, 7) is 4.02. The number of hydrogen-bond acceptors (Lipinski definition) is 3. The molecular weight excluding hydrogens is 276 g/mol. The second-order valence-electron chi connectivity index (χ2n) is 5.30. The van der Waals surface area contributed by atoms with Gasteiger partial charge in [-0.2, -0.15) is 0 Å². The molecule has 1 aliphatic heterocycles. The normalized spacial score (nSPS) is 16.9. The monoisotopic (exact) mass is 294 g/mol. The first kappa shape index (κ1) is 14.3. The average molecular weight is 294 g/mol. The Morgan fingerprint density at radius 3 is 3.00 bits per heavy atom. The van der Waals surface area contributed by atoms with E-state index >= 15 is 0 Å². The van der Waals surface area contributed by atoms with Crippen LogP contribution in [0, 0.1) is 0 Å². The first-order valence-electron chi connectivity index (χ1n) is 7.35. The van der Waals surface area contributed by atoms with Crippen LogP contribution in [0.1, 0.15) is 12.0 Å². The zero-order chi connectivity index (χ0) is 15.4. The Hall–Kier alpha value is -2.62. The van der Waals surface area contributed by atoms with Crippen LogP contribution in [-0.2, 0) is 16.1 Å². The summed E-state index contributed by atoms with van der Waals surface area (Å²) in [5, 5.41) is 9.23. The smallest absolute Gasteiger partial charge is 0.264 e. The van der Waals surface area contributed by atoms with Crippen molar-refractivity contribution in [2.24, 2.45) is 5.16 Å². The Kier molecular flexibility index (Phi) is 4.19. The van der Waals surface area contributed by atoms with Crippen molar-refractivity contribution in [2.45, 2.75) is 18.9 Å². The fourth-order valence-electron chi connectivity index (χ4n) is 2.62. The molecule has 2 aromatic carbocycles. The predicted octanol–water partition coefficient (Wildman–Crippen LogP) is 2.83. The summed E-state index contributed by atoms with van der Waals surface area (Å²) in [5.41, 5.74) is 2.10. The number of benzene rings is 2. The lowest BCUT2D eigenvalue weighted by molar-refractivity contribution is -0.130. The second kappa shape index (κ2) is 6.43. The molecule has 0 aromatic heterocycles. The lowest BCUT2D eigenvalue weighted by Gasteiger charge is -2.08. The third kappa shape index (κ3) is 3.01. The number of nitrogens with one attached hydrogen (secondary N) is 1. The molecule has 1 atom stereocenters. The van der Waals surface area contributed by atoms with Crippen LogP contribution in [0.4, 0.5) is 0 Å². The van der Waals surface area contributed by atoms with Gasteiger partial charge in [-0.3, -0.25) is 4.79 Å². The number of oxime groups is 1. The highest BCUT2D eigenvalue weighted by Crippen LogP contribution is 2.22. The van der Waals surface area contributed by atoms with Crippen LogP contribution in [0.2, 0.25) is 0 Å². The van der Waals surface area contributed by atoms with Crippen molar-refractivity contribution in [3.8, 4) is 0 Å². The van der Waals surface area contributed by atoms with Gasteiger partial charge >= 0.3 is 0 Å². The SMILES string of the molecule is C=CCNC(=O)[C@H]1CC(Cc2cccc3ccccc23)=NO1. The molecule has 3 rings (SSSR count). The molecular formula is C18H18N2O2. The molecule has 0 aliphatic carbocycles. The van der Waals surface area contributed by atoms with E-state index < -0.39 is 6.10 Å². The van der Waals surface area contributed by atoms with Crippen molar-refractivity contribution in [2.75, 3.05) is 6.54 Å². The highest BCUT2D eigenvalue weighted by molar-refractivity contribution is 5.96. The van der Waals surface area contributed by atoms with Crippen LogP contribution in [-0.4, -0.2) is 24.3 Å². The van der Waals surface area contributed by atoms with E-state index in [-0.39, 0.29) is 5.91 Å². The zero-order valence-corrected chi connectivity index (χ0v) is 12.3. The van der Waals surface area contributed by atoms with Gasteiger partial charge in [-0.15, -0.1) is 6.58 Å². The van der Waals surface area contributed by atoms with Crippen molar-refractivity contribution in [3.63, 3.8) is 0 Å². The molecule has 22 heavy (non-hydrogen) atoms. The maximum Gasteiger partial charge on any atom is 0.264 e. The van der Waals surface area contributed by atoms with Gasteiger partial charge in [-0.1, -0.05) is 53.7 Å².